The third kappa shape index (κ3) is 2.43. The van der Waals surface area contributed by atoms with E-state index in [1.807, 2.05) is 45.0 Å². The van der Waals surface area contributed by atoms with Gasteiger partial charge in [0.25, 0.3) is 0 Å². The lowest BCUT2D eigenvalue weighted by Gasteiger charge is -2.20. The van der Waals surface area contributed by atoms with Crippen LogP contribution in [0.4, 0.5) is 0 Å². The van der Waals surface area contributed by atoms with Crippen molar-refractivity contribution in [2.24, 2.45) is 0 Å². The molecule has 0 bridgehead atoms. The second-order valence-electron chi connectivity index (χ2n) is 4.41. The van der Waals surface area contributed by atoms with Gasteiger partial charge >= 0.3 is 0 Å². The first-order chi connectivity index (χ1) is 7.04. The summed E-state index contributed by atoms with van der Waals surface area (Å²) in [5.74, 6) is 0.642. The maximum Gasteiger partial charge on any atom is 0.214 e. The van der Waals surface area contributed by atoms with Crippen molar-refractivity contribution >= 4 is 11.0 Å². The average Bonchev–Trinajstić information content (AvgIpc) is 2.15. The zero-order valence-corrected chi connectivity index (χ0v) is 9.19. The van der Waals surface area contributed by atoms with Crippen LogP contribution < -0.4 is 4.74 Å². The predicted molar refractivity (Wildman–Crippen MR) is 59.9 cm³/mol. The molecule has 2 aromatic heterocycles. The van der Waals surface area contributed by atoms with E-state index in [4.69, 9.17) is 4.74 Å². The lowest BCUT2D eigenvalue weighted by atomic mass is 10.2. The van der Waals surface area contributed by atoms with Crippen molar-refractivity contribution in [2.75, 3.05) is 0 Å². The summed E-state index contributed by atoms with van der Waals surface area (Å²) in [6.07, 6.45) is 1.76. The third-order valence-corrected chi connectivity index (χ3v) is 1.84. The normalized spacial score (nSPS) is 11.7. The molecule has 0 saturated heterocycles. The Hall–Kier alpha value is -1.64. The van der Waals surface area contributed by atoms with Crippen molar-refractivity contribution < 1.29 is 4.74 Å². The molecule has 2 rings (SSSR count). The van der Waals surface area contributed by atoms with Gasteiger partial charge in [-0.1, -0.05) is 0 Å². The largest absolute Gasteiger partial charge is 0.472 e. The van der Waals surface area contributed by atoms with Crippen molar-refractivity contribution in [1.82, 2.24) is 9.97 Å². The van der Waals surface area contributed by atoms with Crippen LogP contribution in [0.1, 0.15) is 20.8 Å². The topological polar surface area (TPSA) is 35.0 Å². The summed E-state index contributed by atoms with van der Waals surface area (Å²) in [5, 5.41) is 0. The Morgan fingerprint density at radius 3 is 2.60 bits per heavy atom. The van der Waals surface area contributed by atoms with Crippen molar-refractivity contribution in [3.05, 3.63) is 30.5 Å². The van der Waals surface area contributed by atoms with Crippen LogP contribution in [0.5, 0.6) is 5.88 Å². The molecular weight excluding hydrogens is 188 g/mol. The third-order valence-electron chi connectivity index (χ3n) is 1.84. The zero-order valence-electron chi connectivity index (χ0n) is 9.19. The van der Waals surface area contributed by atoms with E-state index in [0.717, 1.165) is 11.0 Å². The van der Waals surface area contributed by atoms with E-state index in [-0.39, 0.29) is 5.60 Å². The van der Waals surface area contributed by atoms with E-state index in [2.05, 4.69) is 9.97 Å². The van der Waals surface area contributed by atoms with E-state index < -0.39 is 0 Å². The number of aromatic nitrogens is 2. The molecule has 0 aliphatic carbocycles. The number of hydrogen-bond donors (Lipinski definition) is 0. The number of nitrogens with zero attached hydrogens (tertiary/aromatic N) is 2. The highest BCUT2D eigenvalue weighted by molar-refractivity contribution is 5.74. The quantitative estimate of drug-likeness (QED) is 0.713. The van der Waals surface area contributed by atoms with Gasteiger partial charge in [0.2, 0.25) is 5.88 Å². The van der Waals surface area contributed by atoms with Crippen LogP contribution >= 0.6 is 0 Å². The highest BCUT2D eigenvalue weighted by Crippen LogP contribution is 2.18. The summed E-state index contributed by atoms with van der Waals surface area (Å²) in [6, 6.07) is 7.57. The van der Waals surface area contributed by atoms with Crippen molar-refractivity contribution in [2.45, 2.75) is 26.4 Å². The lowest BCUT2D eigenvalue weighted by molar-refractivity contribution is 0.124. The van der Waals surface area contributed by atoms with Gasteiger partial charge in [-0.05, 0) is 39.0 Å². The van der Waals surface area contributed by atoms with Crippen LogP contribution in [0.15, 0.2) is 30.5 Å². The van der Waals surface area contributed by atoms with Crippen LogP contribution in [0.25, 0.3) is 11.0 Å². The first-order valence-electron chi connectivity index (χ1n) is 4.95. The molecule has 0 spiro atoms. The van der Waals surface area contributed by atoms with E-state index in [9.17, 15) is 0 Å². The fourth-order valence-electron chi connectivity index (χ4n) is 1.31. The molecule has 15 heavy (non-hydrogen) atoms. The molecule has 0 N–H and O–H groups in total. The summed E-state index contributed by atoms with van der Waals surface area (Å²) in [6.45, 7) is 6.01. The first-order valence-corrected chi connectivity index (χ1v) is 4.95. The van der Waals surface area contributed by atoms with E-state index in [1.54, 1.807) is 6.20 Å². The number of rotatable bonds is 1. The molecular formula is C12H14N2O. The lowest BCUT2D eigenvalue weighted by Crippen LogP contribution is -2.23. The van der Waals surface area contributed by atoms with Gasteiger partial charge in [-0.15, -0.1) is 0 Å². The molecule has 0 aliphatic heterocycles. The van der Waals surface area contributed by atoms with E-state index >= 15 is 0 Å². The Kier molecular flexibility index (Phi) is 2.31. The maximum absolute atomic E-state index is 5.67. The second kappa shape index (κ2) is 3.50. The molecule has 0 amide bonds. The molecule has 3 nitrogen and oxygen atoms in total. The van der Waals surface area contributed by atoms with Crippen LogP contribution in [0.3, 0.4) is 0 Å². The SMILES string of the molecule is CC(C)(C)Oc1ccc2ncccc2n1. The van der Waals surface area contributed by atoms with Crippen LogP contribution in [-0.2, 0) is 0 Å². The molecule has 0 unspecified atom stereocenters. The standard InChI is InChI=1S/C12H14N2O/c1-12(2,3)15-11-7-6-9-10(14-11)5-4-8-13-9/h4-8H,1-3H3. The molecule has 0 radical (unpaired) electrons. The molecule has 78 valence electrons. The summed E-state index contributed by atoms with van der Waals surface area (Å²) in [4.78, 5) is 8.58. The summed E-state index contributed by atoms with van der Waals surface area (Å²) in [5.41, 5.74) is 1.53. The molecule has 0 aliphatic rings. The molecule has 0 aromatic carbocycles. The van der Waals surface area contributed by atoms with Gasteiger partial charge < -0.3 is 4.74 Å². The Labute approximate surface area is 89.1 Å². The van der Waals surface area contributed by atoms with Crippen LogP contribution in [-0.4, -0.2) is 15.6 Å². The number of pyridine rings is 2. The van der Waals surface area contributed by atoms with Crippen molar-refractivity contribution in [1.29, 1.82) is 0 Å². The van der Waals surface area contributed by atoms with Gasteiger partial charge in [-0.25, -0.2) is 4.98 Å². The predicted octanol–water partition coefficient (Wildman–Crippen LogP) is 2.81. The zero-order chi connectivity index (χ0) is 10.9. The fraction of sp³-hybridized carbons (Fsp3) is 0.333. The second-order valence-corrected chi connectivity index (χ2v) is 4.41. The maximum atomic E-state index is 5.67. The minimum absolute atomic E-state index is 0.219. The monoisotopic (exact) mass is 202 g/mol. The fourth-order valence-corrected chi connectivity index (χ4v) is 1.31. The Bertz CT molecular complexity index is 474. The van der Waals surface area contributed by atoms with Crippen LogP contribution in [0, 0.1) is 0 Å². The van der Waals surface area contributed by atoms with Gasteiger partial charge in [0.15, 0.2) is 0 Å². The smallest absolute Gasteiger partial charge is 0.214 e. The average molecular weight is 202 g/mol. The molecule has 2 heterocycles. The van der Waals surface area contributed by atoms with Crippen LogP contribution in [0.2, 0.25) is 0 Å². The van der Waals surface area contributed by atoms with Crippen molar-refractivity contribution in [3.63, 3.8) is 0 Å². The van der Waals surface area contributed by atoms with E-state index in [0.29, 0.717) is 5.88 Å². The Morgan fingerprint density at radius 2 is 1.87 bits per heavy atom. The highest BCUT2D eigenvalue weighted by atomic mass is 16.5. The Morgan fingerprint density at radius 1 is 1.07 bits per heavy atom. The van der Waals surface area contributed by atoms with Crippen molar-refractivity contribution in [3.8, 4) is 5.88 Å². The van der Waals surface area contributed by atoms with Gasteiger partial charge in [0, 0.05) is 12.3 Å². The molecule has 0 atom stereocenters. The van der Waals surface area contributed by atoms with Gasteiger partial charge in [0.05, 0.1) is 11.0 Å². The minimum Gasteiger partial charge on any atom is -0.472 e. The van der Waals surface area contributed by atoms with Gasteiger partial charge in [0.1, 0.15) is 5.60 Å². The Balaban J connectivity index is 2.39. The molecule has 0 saturated carbocycles. The summed E-state index contributed by atoms with van der Waals surface area (Å²) < 4.78 is 5.67. The van der Waals surface area contributed by atoms with E-state index in [1.165, 1.54) is 0 Å². The first kappa shape index (κ1) is 9.90. The summed E-state index contributed by atoms with van der Waals surface area (Å²) in [7, 11) is 0. The molecule has 3 heteroatoms. The van der Waals surface area contributed by atoms with Gasteiger partial charge in [-0.2, -0.15) is 0 Å². The highest BCUT2D eigenvalue weighted by Gasteiger charge is 2.12. The molecule has 0 fully saturated rings. The minimum atomic E-state index is -0.219. The molecule has 2 aromatic rings. The number of hydrogen-bond acceptors (Lipinski definition) is 3. The summed E-state index contributed by atoms with van der Waals surface area (Å²) >= 11 is 0. The number of ether oxygens (including phenoxy) is 1. The number of fused-ring (bicyclic) bond motifs is 1. The van der Waals surface area contributed by atoms with Gasteiger partial charge in [-0.3, -0.25) is 4.98 Å².